The van der Waals surface area contributed by atoms with Gasteiger partial charge in [0.2, 0.25) is 0 Å². The summed E-state index contributed by atoms with van der Waals surface area (Å²) in [6.07, 6.45) is 0. The predicted octanol–water partition coefficient (Wildman–Crippen LogP) is 3.23. The molecule has 0 saturated heterocycles. The van der Waals surface area contributed by atoms with E-state index in [1.807, 2.05) is 18.2 Å². The number of nitro benzene ring substituents is 1. The number of hydrogen-bond acceptors (Lipinski definition) is 4. The minimum Gasteiger partial charge on any atom is -0.484 e. The number of carbonyl (C=O) groups excluding carboxylic acids is 1. The van der Waals surface area contributed by atoms with Crippen LogP contribution < -0.4 is 10.1 Å². The molecule has 2 aromatic carbocycles. The first-order chi connectivity index (χ1) is 10.5. The average Bonchev–Trinajstić information content (AvgIpc) is 2.49. The Bertz CT molecular complexity index is 676. The van der Waals surface area contributed by atoms with Gasteiger partial charge in [-0.15, -0.1) is 0 Å². The zero-order valence-electron chi connectivity index (χ0n) is 12.3. The summed E-state index contributed by atoms with van der Waals surface area (Å²) >= 11 is 0. The van der Waals surface area contributed by atoms with Crippen molar-refractivity contribution in [2.45, 2.75) is 13.8 Å². The first kappa shape index (κ1) is 15.5. The summed E-state index contributed by atoms with van der Waals surface area (Å²) in [5.41, 5.74) is 1.86. The van der Waals surface area contributed by atoms with Gasteiger partial charge in [0.1, 0.15) is 5.75 Å². The number of non-ortho nitro benzene ring substituents is 1. The second-order valence-corrected chi connectivity index (χ2v) is 4.86. The molecule has 0 radical (unpaired) electrons. The van der Waals surface area contributed by atoms with Crippen LogP contribution in [0.15, 0.2) is 42.5 Å². The fourth-order valence-corrected chi connectivity index (χ4v) is 2.08. The third kappa shape index (κ3) is 3.82. The van der Waals surface area contributed by atoms with Gasteiger partial charge in [0.15, 0.2) is 6.61 Å². The van der Waals surface area contributed by atoms with Crippen LogP contribution in [0.5, 0.6) is 5.75 Å². The van der Waals surface area contributed by atoms with Crippen molar-refractivity contribution in [2.75, 3.05) is 11.9 Å². The van der Waals surface area contributed by atoms with Crippen LogP contribution in [-0.2, 0) is 4.79 Å². The highest BCUT2D eigenvalue weighted by Crippen LogP contribution is 2.26. The van der Waals surface area contributed by atoms with Gasteiger partial charge in [0.05, 0.1) is 4.92 Å². The van der Waals surface area contributed by atoms with Crippen LogP contribution in [0.2, 0.25) is 0 Å². The number of nitro groups is 1. The number of ether oxygens (including phenoxy) is 1. The number of nitrogens with one attached hydrogen (secondary N) is 1. The molecular weight excluding hydrogens is 284 g/mol. The first-order valence-electron chi connectivity index (χ1n) is 6.70. The molecule has 0 atom stereocenters. The average molecular weight is 300 g/mol. The highest BCUT2D eigenvalue weighted by molar-refractivity contribution is 5.93. The van der Waals surface area contributed by atoms with Gasteiger partial charge in [0.25, 0.3) is 11.6 Å². The van der Waals surface area contributed by atoms with Crippen molar-refractivity contribution in [3.8, 4) is 5.75 Å². The fourth-order valence-electron chi connectivity index (χ4n) is 2.08. The maximum atomic E-state index is 11.9. The van der Waals surface area contributed by atoms with Gasteiger partial charge < -0.3 is 10.1 Å². The minimum atomic E-state index is -0.454. The van der Waals surface area contributed by atoms with Crippen molar-refractivity contribution in [2.24, 2.45) is 0 Å². The molecule has 0 aliphatic heterocycles. The third-order valence-electron chi connectivity index (χ3n) is 3.11. The van der Waals surface area contributed by atoms with Crippen molar-refractivity contribution in [1.82, 2.24) is 0 Å². The summed E-state index contributed by atoms with van der Waals surface area (Å²) in [7, 11) is 0. The van der Waals surface area contributed by atoms with Gasteiger partial charge in [-0.25, -0.2) is 0 Å². The Kier molecular flexibility index (Phi) is 4.73. The number of anilines is 1. The van der Waals surface area contributed by atoms with Crippen molar-refractivity contribution in [3.63, 3.8) is 0 Å². The topological polar surface area (TPSA) is 81.5 Å². The fraction of sp³-hybridized carbons (Fsp3) is 0.188. The van der Waals surface area contributed by atoms with Crippen LogP contribution in [0.1, 0.15) is 11.1 Å². The molecule has 0 fully saturated rings. The summed E-state index contributed by atoms with van der Waals surface area (Å²) in [4.78, 5) is 22.3. The molecule has 2 rings (SSSR count). The van der Waals surface area contributed by atoms with Crippen LogP contribution in [0.3, 0.4) is 0 Å². The molecule has 0 heterocycles. The van der Waals surface area contributed by atoms with Gasteiger partial charge in [-0.2, -0.15) is 0 Å². The highest BCUT2D eigenvalue weighted by Gasteiger charge is 2.14. The number of benzene rings is 2. The normalized spacial score (nSPS) is 10.1. The first-order valence-corrected chi connectivity index (χ1v) is 6.70. The highest BCUT2D eigenvalue weighted by atomic mass is 16.6. The summed E-state index contributed by atoms with van der Waals surface area (Å²) in [5, 5.41) is 13.5. The van der Waals surface area contributed by atoms with E-state index >= 15 is 0 Å². The number of amides is 1. The summed E-state index contributed by atoms with van der Waals surface area (Å²) in [6, 6.07) is 11.9. The second-order valence-electron chi connectivity index (χ2n) is 4.86. The molecule has 0 bridgehead atoms. The van der Waals surface area contributed by atoms with E-state index in [-0.39, 0.29) is 18.2 Å². The molecule has 0 spiro atoms. The largest absolute Gasteiger partial charge is 0.484 e. The number of para-hydroxylation sites is 1. The number of carbonyl (C=O) groups is 1. The predicted molar refractivity (Wildman–Crippen MR) is 83.1 cm³/mol. The Morgan fingerprint density at radius 1 is 1.18 bits per heavy atom. The molecule has 0 aliphatic rings. The van der Waals surface area contributed by atoms with E-state index in [2.05, 4.69) is 5.32 Å². The second kappa shape index (κ2) is 6.71. The van der Waals surface area contributed by atoms with Gasteiger partial charge in [0, 0.05) is 17.8 Å². The minimum absolute atomic E-state index is 0.00790. The molecule has 0 aromatic heterocycles. The van der Waals surface area contributed by atoms with Crippen LogP contribution in [0.4, 0.5) is 11.4 Å². The Labute approximate surface area is 127 Å². The van der Waals surface area contributed by atoms with E-state index in [0.29, 0.717) is 22.6 Å². The van der Waals surface area contributed by atoms with Crippen molar-refractivity contribution in [1.29, 1.82) is 0 Å². The molecular formula is C16H16N2O4. The van der Waals surface area contributed by atoms with Gasteiger partial charge in [-0.05, 0) is 37.1 Å². The number of hydrogen-bond donors (Lipinski definition) is 1. The van der Waals surface area contributed by atoms with Gasteiger partial charge in [-0.1, -0.05) is 18.2 Å². The van der Waals surface area contributed by atoms with Gasteiger partial charge in [-0.3, -0.25) is 14.9 Å². The van der Waals surface area contributed by atoms with Crippen LogP contribution in [0, 0.1) is 24.0 Å². The zero-order chi connectivity index (χ0) is 16.1. The molecule has 2 aromatic rings. The Morgan fingerprint density at radius 2 is 1.77 bits per heavy atom. The lowest BCUT2D eigenvalue weighted by Gasteiger charge is -2.12. The molecule has 114 valence electrons. The molecule has 1 amide bonds. The SMILES string of the molecule is Cc1cc([N+](=O)[O-])cc(C)c1NC(=O)COc1ccccc1. The molecule has 6 nitrogen and oxygen atoms in total. The molecule has 0 saturated carbocycles. The van der Waals surface area contributed by atoms with Crippen molar-refractivity contribution in [3.05, 3.63) is 63.7 Å². The molecule has 1 N–H and O–H groups in total. The van der Waals surface area contributed by atoms with Crippen LogP contribution in [-0.4, -0.2) is 17.4 Å². The molecule has 0 aliphatic carbocycles. The van der Waals surface area contributed by atoms with E-state index in [1.165, 1.54) is 12.1 Å². The van der Waals surface area contributed by atoms with E-state index in [4.69, 9.17) is 4.74 Å². The quantitative estimate of drug-likeness (QED) is 0.679. The molecule has 22 heavy (non-hydrogen) atoms. The van der Waals surface area contributed by atoms with Crippen LogP contribution in [0.25, 0.3) is 0 Å². The lowest BCUT2D eigenvalue weighted by molar-refractivity contribution is -0.384. The van der Waals surface area contributed by atoms with Crippen molar-refractivity contribution < 1.29 is 14.5 Å². The lowest BCUT2D eigenvalue weighted by atomic mass is 10.1. The monoisotopic (exact) mass is 300 g/mol. The van der Waals surface area contributed by atoms with E-state index in [0.717, 1.165) is 0 Å². The van der Waals surface area contributed by atoms with Crippen molar-refractivity contribution >= 4 is 17.3 Å². The summed E-state index contributed by atoms with van der Waals surface area (Å²) < 4.78 is 5.36. The smallest absolute Gasteiger partial charge is 0.270 e. The maximum absolute atomic E-state index is 11.9. The van der Waals surface area contributed by atoms with Crippen LogP contribution >= 0.6 is 0 Å². The van der Waals surface area contributed by atoms with E-state index in [1.54, 1.807) is 26.0 Å². The van der Waals surface area contributed by atoms with E-state index in [9.17, 15) is 14.9 Å². The number of aryl methyl sites for hydroxylation is 2. The third-order valence-corrected chi connectivity index (χ3v) is 3.11. The number of nitrogens with zero attached hydrogens (tertiary/aromatic N) is 1. The lowest BCUT2D eigenvalue weighted by Crippen LogP contribution is -2.21. The maximum Gasteiger partial charge on any atom is 0.270 e. The van der Waals surface area contributed by atoms with Gasteiger partial charge >= 0.3 is 0 Å². The Hall–Kier alpha value is -2.89. The number of rotatable bonds is 5. The summed E-state index contributed by atoms with van der Waals surface area (Å²) in [6.45, 7) is 3.31. The molecule has 0 unspecified atom stereocenters. The summed E-state index contributed by atoms with van der Waals surface area (Å²) in [5.74, 6) is 0.290. The van der Waals surface area contributed by atoms with E-state index < -0.39 is 4.92 Å². The standard InChI is InChI=1S/C16H16N2O4/c1-11-8-13(18(20)21)9-12(2)16(11)17-15(19)10-22-14-6-4-3-5-7-14/h3-9H,10H2,1-2H3,(H,17,19). The Morgan fingerprint density at radius 3 is 2.32 bits per heavy atom. The molecule has 6 heteroatoms. The zero-order valence-corrected chi connectivity index (χ0v) is 12.3. The Balaban J connectivity index is 2.04.